The van der Waals surface area contributed by atoms with E-state index in [9.17, 15) is 19.2 Å². The summed E-state index contributed by atoms with van der Waals surface area (Å²) in [5, 5.41) is 0. The fourth-order valence-corrected chi connectivity index (χ4v) is 3.16. The number of esters is 2. The Hall–Kier alpha value is -1.94. The van der Waals surface area contributed by atoms with Gasteiger partial charge in [-0.3, -0.25) is 23.9 Å². The van der Waals surface area contributed by atoms with Gasteiger partial charge in [-0.05, 0) is 0 Å². The Morgan fingerprint density at radius 1 is 1.28 bits per heavy atom. The fraction of sp³-hybridized carbons (Fsp3) is 0.600. The molecular formula is C15H19BrN2O7. The van der Waals surface area contributed by atoms with Gasteiger partial charge in [0.2, 0.25) is 0 Å². The number of aromatic nitrogens is 2. The van der Waals surface area contributed by atoms with Crippen LogP contribution in [0.2, 0.25) is 0 Å². The van der Waals surface area contributed by atoms with E-state index in [1.165, 1.54) is 16.8 Å². The largest absolute Gasteiger partial charge is 0.463 e. The Bertz CT molecular complexity index is 744. The van der Waals surface area contributed by atoms with Crippen molar-refractivity contribution < 1.29 is 23.8 Å². The monoisotopic (exact) mass is 418 g/mol. The van der Waals surface area contributed by atoms with E-state index in [-0.39, 0.29) is 19.4 Å². The molecule has 2 rings (SSSR count). The molecule has 0 spiro atoms. The number of nitrogens with zero attached hydrogens (tertiary/aromatic N) is 1. The number of carbonyl (C=O) groups excluding carboxylic acids is 2. The summed E-state index contributed by atoms with van der Waals surface area (Å²) in [6.07, 6.45) is -0.697. The number of alkyl halides is 1. The first-order valence-electron chi connectivity index (χ1n) is 7.83. The topological polar surface area (TPSA) is 117 Å². The number of nitrogens with one attached hydrogen (secondary N) is 1. The lowest BCUT2D eigenvalue weighted by molar-refractivity contribution is -0.157. The summed E-state index contributed by atoms with van der Waals surface area (Å²) in [5.41, 5.74) is -1.19. The van der Waals surface area contributed by atoms with Crippen LogP contribution >= 0.6 is 15.9 Å². The summed E-state index contributed by atoms with van der Waals surface area (Å²) in [6, 6.07) is 1.18. The van der Waals surface area contributed by atoms with Crippen LogP contribution in [-0.2, 0) is 23.8 Å². The minimum absolute atomic E-state index is 0.120. The molecule has 0 radical (unpaired) electrons. The van der Waals surface area contributed by atoms with Crippen LogP contribution in [0.4, 0.5) is 0 Å². The first kappa shape index (κ1) is 19.4. The molecule has 0 aliphatic carbocycles. The predicted molar refractivity (Wildman–Crippen MR) is 89.4 cm³/mol. The van der Waals surface area contributed by atoms with E-state index in [2.05, 4.69) is 20.9 Å². The average Bonchev–Trinajstić information content (AvgIpc) is 2.88. The van der Waals surface area contributed by atoms with E-state index in [0.717, 1.165) is 0 Å². The first-order chi connectivity index (χ1) is 11.9. The molecule has 9 nitrogen and oxygen atoms in total. The second-order valence-corrected chi connectivity index (χ2v) is 6.43. The molecule has 2 heterocycles. The van der Waals surface area contributed by atoms with Gasteiger partial charge in [-0.2, -0.15) is 0 Å². The van der Waals surface area contributed by atoms with E-state index in [1.807, 2.05) is 0 Å². The molecule has 10 heteroatoms. The van der Waals surface area contributed by atoms with Crippen LogP contribution in [0.1, 0.15) is 32.9 Å². The highest BCUT2D eigenvalue weighted by atomic mass is 79.9. The van der Waals surface area contributed by atoms with Crippen molar-refractivity contribution >= 4 is 27.9 Å². The van der Waals surface area contributed by atoms with Gasteiger partial charge in [-0.1, -0.05) is 29.8 Å². The summed E-state index contributed by atoms with van der Waals surface area (Å²) in [6.45, 7) is 3.19. The van der Waals surface area contributed by atoms with Gasteiger partial charge < -0.3 is 14.2 Å². The molecule has 0 bridgehead atoms. The van der Waals surface area contributed by atoms with Crippen molar-refractivity contribution in [2.24, 2.45) is 0 Å². The number of ether oxygens (including phenoxy) is 3. The molecule has 0 unspecified atom stereocenters. The third kappa shape index (κ3) is 4.57. The quantitative estimate of drug-likeness (QED) is 0.526. The molecule has 1 N–H and O–H groups in total. The number of rotatable bonds is 6. The van der Waals surface area contributed by atoms with Crippen LogP contribution in [0.15, 0.2) is 21.9 Å². The van der Waals surface area contributed by atoms with E-state index < -0.39 is 46.5 Å². The molecule has 1 aliphatic rings. The van der Waals surface area contributed by atoms with Crippen LogP contribution in [-0.4, -0.2) is 45.1 Å². The van der Waals surface area contributed by atoms with Crippen molar-refractivity contribution in [3.8, 4) is 0 Å². The number of H-pyrrole nitrogens is 1. The number of aromatic amines is 1. The third-order valence-electron chi connectivity index (χ3n) is 3.65. The first-order valence-corrected chi connectivity index (χ1v) is 8.75. The van der Waals surface area contributed by atoms with Crippen molar-refractivity contribution in [1.82, 2.24) is 9.55 Å². The molecule has 1 saturated heterocycles. The smallest absolute Gasteiger partial charge is 0.330 e. The highest BCUT2D eigenvalue weighted by molar-refractivity contribution is 9.09. The lowest BCUT2D eigenvalue weighted by Crippen LogP contribution is -2.37. The highest BCUT2D eigenvalue weighted by Crippen LogP contribution is 2.36. The van der Waals surface area contributed by atoms with E-state index in [4.69, 9.17) is 14.2 Å². The number of hydrogen-bond acceptors (Lipinski definition) is 7. The zero-order valence-corrected chi connectivity index (χ0v) is 15.4. The Morgan fingerprint density at radius 2 is 1.96 bits per heavy atom. The molecule has 1 aliphatic heterocycles. The number of hydrogen-bond donors (Lipinski definition) is 1. The molecule has 0 saturated carbocycles. The molecule has 1 fully saturated rings. The molecule has 138 valence electrons. The van der Waals surface area contributed by atoms with Gasteiger partial charge in [-0.25, -0.2) is 4.79 Å². The lowest BCUT2D eigenvalue weighted by Gasteiger charge is -2.20. The maximum atomic E-state index is 12.0. The van der Waals surface area contributed by atoms with Gasteiger partial charge >= 0.3 is 17.6 Å². The molecule has 0 amide bonds. The minimum Gasteiger partial charge on any atom is -0.463 e. The van der Waals surface area contributed by atoms with Crippen LogP contribution in [0, 0.1) is 0 Å². The third-order valence-corrected chi connectivity index (χ3v) is 4.62. The zero-order valence-electron chi connectivity index (χ0n) is 13.8. The Morgan fingerprint density at radius 3 is 2.56 bits per heavy atom. The molecule has 1 aromatic heterocycles. The molecule has 4 atom stereocenters. The van der Waals surface area contributed by atoms with E-state index in [0.29, 0.717) is 0 Å². The van der Waals surface area contributed by atoms with Gasteiger partial charge in [0.15, 0.2) is 6.23 Å². The van der Waals surface area contributed by atoms with Crippen LogP contribution in [0.3, 0.4) is 0 Å². The highest BCUT2D eigenvalue weighted by Gasteiger charge is 2.47. The number of carbonyl (C=O) groups is 2. The predicted octanol–water partition coefficient (Wildman–Crippen LogP) is 0.472. The van der Waals surface area contributed by atoms with E-state index >= 15 is 0 Å². The summed E-state index contributed by atoms with van der Waals surface area (Å²) in [4.78, 5) is 47.8. The standard InChI is InChI=1S/C15H19BrN2O7/c1-3-10(20)23-7-8-13(25-11(21)4-2)12(16)14(24-8)18-6-5-9(19)17-15(18)22/h5-6,8,12-14H,3-4,7H2,1-2H3,(H,17,19,22)/t8-,12+,13-,14-/m1/s1. The second-order valence-electron chi connectivity index (χ2n) is 5.37. The number of halogens is 1. The van der Waals surface area contributed by atoms with Gasteiger partial charge in [0.05, 0.1) is 4.83 Å². The molecule has 0 aromatic carbocycles. The maximum absolute atomic E-state index is 12.0. The van der Waals surface area contributed by atoms with Crippen LogP contribution in [0.5, 0.6) is 0 Å². The Kier molecular flexibility index (Phi) is 6.54. The van der Waals surface area contributed by atoms with E-state index in [1.54, 1.807) is 13.8 Å². The van der Waals surface area contributed by atoms with Crippen molar-refractivity contribution in [2.45, 2.75) is 50.0 Å². The van der Waals surface area contributed by atoms with Crippen molar-refractivity contribution in [3.05, 3.63) is 33.1 Å². The van der Waals surface area contributed by atoms with Crippen LogP contribution in [0.25, 0.3) is 0 Å². The lowest BCUT2D eigenvalue weighted by atomic mass is 10.2. The summed E-state index contributed by atoms with van der Waals surface area (Å²) >= 11 is 3.39. The zero-order chi connectivity index (χ0) is 18.6. The summed E-state index contributed by atoms with van der Waals surface area (Å²) in [7, 11) is 0. The van der Waals surface area contributed by atoms with Gasteiger partial charge in [-0.15, -0.1) is 0 Å². The normalized spacial score (nSPS) is 25.6. The second kappa shape index (κ2) is 8.43. The molecule has 25 heavy (non-hydrogen) atoms. The minimum atomic E-state index is -0.843. The van der Waals surface area contributed by atoms with Crippen LogP contribution < -0.4 is 11.2 Å². The van der Waals surface area contributed by atoms with Gasteiger partial charge in [0.25, 0.3) is 5.56 Å². The SMILES string of the molecule is CCC(=O)OC[C@H]1O[C@@H](n2ccc(=O)[nH]c2=O)[C@@H](Br)[C@@H]1OC(=O)CC. The average molecular weight is 419 g/mol. The van der Waals surface area contributed by atoms with Crippen molar-refractivity contribution in [3.63, 3.8) is 0 Å². The van der Waals surface area contributed by atoms with Gasteiger partial charge in [0.1, 0.15) is 18.8 Å². The van der Waals surface area contributed by atoms with Gasteiger partial charge in [0, 0.05) is 25.1 Å². The molecule has 1 aromatic rings. The maximum Gasteiger partial charge on any atom is 0.330 e. The summed E-state index contributed by atoms with van der Waals surface area (Å²) in [5.74, 6) is -0.862. The fourth-order valence-electron chi connectivity index (χ4n) is 2.33. The summed E-state index contributed by atoms with van der Waals surface area (Å²) < 4.78 is 17.4. The van der Waals surface area contributed by atoms with Crippen molar-refractivity contribution in [2.75, 3.05) is 6.61 Å². The Balaban J connectivity index is 2.25. The van der Waals surface area contributed by atoms with Crippen molar-refractivity contribution in [1.29, 1.82) is 0 Å². The molecular weight excluding hydrogens is 400 g/mol. The Labute approximate surface area is 151 Å².